The summed E-state index contributed by atoms with van der Waals surface area (Å²) in [5, 5.41) is 2.84. The molecule has 0 saturated carbocycles. The van der Waals surface area contributed by atoms with Gasteiger partial charge in [-0.2, -0.15) is 0 Å². The molecule has 0 spiro atoms. The van der Waals surface area contributed by atoms with Crippen molar-refractivity contribution < 1.29 is 14.3 Å². The minimum Gasteiger partial charge on any atom is -0.379 e. The first-order chi connectivity index (χ1) is 9.77. The van der Waals surface area contributed by atoms with E-state index in [1.165, 1.54) is 0 Å². The summed E-state index contributed by atoms with van der Waals surface area (Å²) in [5.41, 5.74) is 7.31. The van der Waals surface area contributed by atoms with Crippen molar-refractivity contribution in [3.8, 4) is 0 Å². The summed E-state index contributed by atoms with van der Waals surface area (Å²) in [7, 11) is 0. The highest BCUT2D eigenvalue weighted by molar-refractivity contribution is 5.91. The molecule has 1 aromatic rings. The van der Waals surface area contributed by atoms with E-state index in [0.717, 1.165) is 24.3 Å². The predicted molar refractivity (Wildman–Crippen MR) is 79.5 cm³/mol. The molecule has 0 aliphatic heterocycles. The number of amides is 1. The quantitative estimate of drug-likeness (QED) is 0.642. The van der Waals surface area contributed by atoms with Gasteiger partial charge in [0.25, 0.3) is 0 Å². The van der Waals surface area contributed by atoms with Gasteiger partial charge in [-0.15, -0.1) is 0 Å². The number of carbonyl (C=O) groups is 1. The maximum atomic E-state index is 11.8. The second-order valence-electron chi connectivity index (χ2n) is 4.38. The van der Waals surface area contributed by atoms with Crippen LogP contribution >= 0.6 is 0 Å². The van der Waals surface area contributed by atoms with E-state index in [1.807, 2.05) is 24.3 Å². The van der Waals surface area contributed by atoms with Gasteiger partial charge >= 0.3 is 0 Å². The van der Waals surface area contributed by atoms with Crippen molar-refractivity contribution in [1.82, 2.24) is 0 Å². The summed E-state index contributed by atoms with van der Waals surface area (Å²) in [6.45, 7) is 4.70. The van der Waals surface area contributed by atoms with Gasteiger partial charge in [0.2, 0.25) is 5.91 Å². The maximum Gasteiger partial charge on any atom is 0.226 e. The summed E-state index contributed by atoms with van der Waals surface area (Å²) in [6.07, 6.45) is 1.33. The van der Waals surface area contributed by atoms with Crippen molar-refractivity contribution >= 4 is 11.6 Å². The molecule has 0 radical (unpaired) electrons. The van der Waals surface area contributed by atoms with Crippen molar-refractivity contribution in [2.24, 2.45) is 5.73 Å². The average Bonchev–Trinajstić information content (AvgIpc) is 2.47. The van der Waals surface area contributed by atoms with E-state index in [9.17, 15) is 4.79 Å². The number of carbonyl (C=O) groups excluding carboxylic acids is 1. The fourth-order valence-electron chi connectivity index (χ4n) is 1.66. The van der Waals surface area contributed by atoms with E-state index in [0.29, 0.717) is 32.8 Å². The lowest BCUT2D eigenvalue weighted by molar-refractivity contribution is -0.117. The van der Waals surface area contributed by atoms with Gasteiger partial charge in [-0.05, 0) is 18.1 Å². The monoisotopic (exact) mass is 280 g/mol. The van der Waals surface area contributed by atoms with Crippen molar-refractivity contribution in [2.75, 3.05) is 31.7 Å². The summed E-state index contributed by atoms with van der Waals surface area (Å²) < 4.78 is 10.6. The Kier molecular flexibility index (Phi) is 8.62. The fraction of sp³-hybridized carbons (Fsp3) is 0.533. The van der Waals surface area contributed by atoms with Crippen LogP contribution in [-0.2, 0) is 20.8 Å². The molecule has 3 N–H and O–H groups in total. The number of hydrogen-bond donors (Lipinski definition) is 2. The SMILES string of the molecule is CCCOCCOCCC(=O)Nc1ccccc1CN. The smallest absolute Gasteiger partial charge is 0.226 e. The van der Waals surface area contributed by atoms with Crippen molar-refractivity contribution in [1.29, 1.82) is 0 Å². The molecule has 0 bridgehead atoms. The van der Waals surface area contributed by atoms with Gasteiger partial charge in [0.05, 0.1) is 26.2 Å². The Morgan fingerprint density at radius 2 is 1.85 bits per heavy atom. The van der Waals surface area contributed by atoms with Crippen LogP contribution in [0.1, 0.15) is 25.3 Å². The second-order valence-corrected chi connectivity index (χ2v) is 4.38. The first-order valence-electron chi connectivity index (χ1n) is 7.01. The van der Waals surface area contributed by atoms with Crippen LogP contribution in [0.5, 0.6) is 0 Å². The van der Waals surface area contributed by atoms with Crippen molar-refractivity contribution in [2.45, 2.75) is 26.3 Å². The molecule has 0 atom stereocenters. The zero-order valence-corrected chi connectivity index (χ0v) is 12.1. The van der Waals surface area contributed by atoms with Crippen LogP contribution < -0.4 is 11.1 Å². The lowest BCUT2D eigenvalue weighted by Crippen LogP contribution is -2.16. The highest BCUT2D eigenvalue weighted by Gasteiger charge is 2.05. The van der Waals surface area contributed by atoms with Gasteiger partial charge in [0.15, 0.2) is 0 Å². The number of anilines is 1. The standard InChI is InChI=1S/C15H24N2O3/c1-2-8-19-10-11-20-9-7-15(18)17-14-6-4-3-5-13(14)12-16/h3-6H,2,7-12,16H2,1H3,(H,17,18). The molecule has 0 heterocycles. The van der Waals surface area contributed by atoms with Crippen LogP contribution in [0.3, 0.4) is 0 Å². The molecular weight excluding hydrogens is 256 g/mol. The maximum absolute atomic E-state index is 11.8. The van der Waals surface area contributed by atoms with E-state index in [-0.39, 0.29) is 5.91 Å². The topological polar surface area (TPSA) is 73.6 Å². The Bertz CT molecular complexity index is 396. The lowest BCUT2D eigenvalue weighted by atomic mass is 10.2. The van der Waals surface area contributed by atoms with Crippen molar-refractivity contribution in [3.63, 3.8) is 0 Å². The minimum absolute atomic E-state index is 0.0691. The van der Waals surface area contributed by atoms with Gasteiger partial charge in [-0.3, -0.25) is 4.79 Å². The molecule has 20 heavy (non-hydrogen) atoms. The van der Waals surface area contributed by atoms with E-state index >= 15 is 0 Å². The number of hydrogen-bond acceptors (Lipinski definition) is 4. The highest BCUT2D eigenvalue weighted by atomic mass is 16.5. The molecule has 0 aliphatic carbocycles. The lowest BCUT2D eigenvalue weighted by Gasteiger charge is -2.09. The molecule has 0 aromatic heterocycles. The zero-order valence-electron chi connectivity index (χ0n) is 12.1. The predicted octanol–water partition coefficient (Wildman–Crippen LogP) is 1.92. The summed E-state index contributed by atoms with van der Waals surface area (Å²) in [5.74, 6) is -0.0691. The van der Waals surface area contributed by atoms with E-state index in [1.54, 1.807) is 0 Å². The summed E-state index contributed by atoms with van der Waals surface area (Å²) in [4.78, 5) is 11.8. The Labute approximate surface area is 120 Å². The third-order valence-electron chi connectivity index (χ3n) is 2.71. The number of nitrogens with two attached hydrogens (primary N) is 1. The first kappa shape index (κ1) is 16.6. The van der Waals surface area contributed by atoms with Crippen LogP contribution in [0.2, 0.25) is 0 Å². The molecule has 112 valence electrons. The zero-order chi connectivity index (χ0) is 14.6. The van der Waals surface area contributed by atoms with Crippen LogP contribution in [0.25, 0.3) is 0 Å². The molecule has 0 fully saturated rings. The second kappa shape index (κ2) is 10.4. The summed E-state index contributed by atoms with van der Waals surface area (Å²) >= 11 is 0. The Morgan fingerprint density at radius 3 is 2.55 bits per heavy atom. The van der Waals surface area contributed by atoms with Crippen LogP contribution in [0.15, 0.2) is 24.3 Å². The first-order valence-corrected chi connectivity index (χ1v) is 7.01. The van der Waals surface area contributed by atoms with Gasteiger partial charge in [-0.1, -0.05) is 25.1 Å². The van der Waals surface area contributed by atoms with Crippen LogP contribution in [-0.4, -0.2) is 32.3 Å². The van der Waals surface area contributed by atoms with Crippen molar-refractivity contribution in [3.05, 3.63) is 29.8 Å². The molecule has 1 amide bonds. The average molecular weight is 280 g/mol. The Hall–Kier alpha value is -1.43. The molecule has 1 rings (SSSR count). The van der Waals surface area contributed by atoms with Gasteiger partial charge in [-0.25, -0.2) is 0 Å². The molecule has 1 aromatic carbocycles. The third-order valence-corrected chi connectivity index (χ3v) is 2.71. The molecular formula is C15H24N2O3. The number of ether oxygens (including phenoxy) is 2. The van der Waals surface area contributed by atoms with Gasteiger partial charge < -0.3 is 20.5 Å². The molecule has 5 nitrogen and oxygen atoms in total. The largest absolute Gasteiger partial charge is 0.379 e. The van der Waals surface area contributed by atoms with E-state index in [4.69, 9.17) is 15.2 Å². The molecule has 5 heteroatoms. The number of rotatable bonds is 10. The third kappa shape index (κ3) is 6.65. The number of benzene rings is 1. The number of para-hydroxylation sites is 1. The molecule has 0 saturated heterocycles. The van der Waals surface area contributed by atoms with Gasteiger partial charge in [0, 0.05) is 18.8 Å². The van der Waals surface area contributed by atoms with Crippen LogP contribution in [0, 0.1) is 0 Å². The summed E-state index contributed by atoms with van der Waals surface area (Å²) in [6, 6.07) is 7.52. The normalized spacial score (nSPS) is 10.5. The molecule has 0 unspecified atom stereocenters. The minimum atomic E-state index is -0.0691. The number of nitrogens with one attached hydrogen (secondary N) is 1. The Morgan fingerprint density at radius 1 is 1.15 bits per heavy atom. The van der Waals surface area contributed by atoms with Gasteiger partial charge in [0.1, 0.15) is 0 Å². The fourth-order valence-corrected chi connectivity index (χ4v) is 1.66. The van der Waals surface area contributed by atoms with E-state index in [2.05, 4.69) is 12.2 Å². The molecule has 0 aliphatic rings. The van der Waals surface area contributed by atoms with Crippen LogP contribution in [0.4, 0.5) is 5.69 Å². The highest BCUT2D eigenvalue weighted by Crippen LogP contribution is 2.14. The Balaban J connectivity index is 2.17. The van der Waals surface area contributed by atoms with E-state index < -0.39 is 0 Å².